The molecule has 2 fully saturated rings. The van der Waals surface area contributed by atoms with Crippen LogP contribution in [0.15, 0.2) is 12.3 Å². The number of rotatable bonds is 7. The molecule has 0 aromatic carbocycles. The highest BCUT2D eigenvalue weighted by atomic mass is 15.3. The van der Waals surface area contributed by atoms with E-state index in [1.165, 1.54) is 57.2 Å². The minimum atomic E-state index is 0.683. The van der Waals surface area contributed by atoms with Gasteiger partial charge in [0.1, 0.15) is 0 Å². The largest absolute Gasteiger partial charge is 0.314 e. The summed E-state index contributed by atoms with van der Waals surface area (Å²) in [6, 6.07) is 3.74. The average Bonchev–Trinajstić information content (AvgIpc) is 2.92. The van der Waals surface area contributed by atoms with Gasteiger partial charge in [0.15, 0.2) is 0 Å². The maximum absolute atomic E-state index is 4.77. The quantitative estimate of drug-likeness (QED) is 0.816. The second-order valence-corrected chi connectivity index (χ2v) is 6.55. The van der Waals surface area contributed by atoms with E-state index in [1.807, 2.05) is 0 Å². The van der Waals surface area contributed by atoms with Crippen LogP contribution in [0.1, 0.15) is 63.6 Å². The molecule has 1 aromatic rings. The van der Waals surface area contributed by atoms with Crippen LogP contribution in [0.2, 0.25) is 0 Å². The second-order valence-electron chi connectivity index (χ2n) is 6.55. The van der Waals surface area contributed by atoms with Crippen molar-refractivity contribution in [2.45, 2.75) is 70.4 Å². The Balaban J connectivity index is 1.41. The summed E-state index contributed by atoms with van der Waals surface area (Å²) in [7, 11) is 0. The van der Waals surface area contributed by atoms with Gasteiger partial charge in [0.25, 0.3) is 0 Å². The first-order chi connectivity index (χ1) is 9.31. The summed E-state index contributed by atoms with van der Waals surface area (Å²) in [6.45, 7) is 3.53. The van der Waals surface area contributed by atoms with Gasteiger partial charge in [-0.05, 0) is 57.1 Å². The predicted octanol–water partition coefficient (Wildman–Crippen LogP) is 3.32. The van der Waals surface area contributed by atoms with Gasteiger partial charge in [0.05, 0.1) is 11.7 Å². The normalized spacial score (nSPS) is 21.9. The second kappa shape index (κ2) is 6.08. The molecule has 1 aromatic heterocycles. The molecule has 3 nitrogen and oxygen atoms in total. The minimum Gasteiger partial charge on any atom is -0.314 e. The summed E-state index contributed by atoms with van der Waals surface area (Å²) in [6.07, 6.45) is 12.8. The van der Waals surface area contributed by atoms with Crippen LogP contribution in [-0.2, 0) is 6.42 Å². The van der Waals surface area contributed by atoms with Crippen LogP contribution in [0, 0.1) is 5.92 Å². The first-order valence-corrected chi connectivity index (χ1v) is 8.08. The summed E-state index contributed by atoms with van der Waals surface area (Å²) in [5.74, 6) is 0.761. The summed E-state index contributed by atoms with van der Waals surface area (Å²) >= 11 is 0. The lowest BCUT2D eigenvalue weighted by Crippen LogP contribution is -2.23. The van der Waals surface area contributed by atoms with E-state index < -0.39 is 0 Å². The molecule has 1 N–H and O–H groups in total. The molecule has 1 unspecified atom stereocenters. The molecule has 1 atom stereocenters. The third-order valence-corrected chi connectivity index (χ3v) is 4.59. The number of nitrogens with one attached hydrogen (secondary N) is 1. The van der Waals surface area contributed by atoms with Crippen LogP contribution in [0.5, 0.6) is 0 Å². The smallest absolute Gasteiger partial charge is 0.0624 e. The summed E-state index contributed by atoms with van der Waals surface area (Å²) in [4.78, 5) is 0. The molecule has 19 heavy (non-hydrogen) atoms. The van der Waals surface area contributed by atoms with Crippen LogP contribution in [0.3, 0.4) is 0 Å². The third kappa shape index (κ3) is 3.82. The van der Waals surface area contributed by atoms with E-state index in [1.54, 1.807) is 0 Å². The van der Waals surface area contributed by atoms with Gasteiger partial charge in [0.2, 0.25) is 0 Å². The highest BCUT2D eigenvalue weighted by Gasteiger charge is 2.21. The molecule has 2 aliphatic carbocycles. The number of hydrogen-bond donors (Lipinski definition) is 1. The van der Waals surface area contributed by atoms with Crippen molar-refractivity contribution in [3.05, 3.63) is 18.0 Å². The maximum Gasteiger partial charge on any atom is 0.0624 e. The number of nitrogens with zero attached hydrogens (tertiary/aromatic N) is 2. The molecule has 3 heteroatoms. The molecule has 106 valence electrons. The van der Waals surface area contributed by atoms with Crippen molar-refractivity contribution in [3.8, 4) is 0 Å². The predicted molar refractivity (Wildman–Crippen MR) is 78.2 cm³/mol. The van der Waals surface area contributed by atoms with Gasteiger partial charge in [-0.15, -0.1) is 0 Å². The zero-order valence-corrected chi connectivity index (χ0v) is 12.1. The Morgan fingerprint density at radius 3 is 2.84 bits per heavy atom. The van der Waals surface area contributed by atoms with E-state index in [0.717, 1.165) is 18.4 Å². The lowest BCUT2D eigenvalue weighted by Gasteiger charge is -2.11. The van der Waals surface area contributed by atoms with Gasteiger partial charge >= 0.3 is 0 Å². The Morgan fingerprint density at radius 1 is 1.32 bits per heavy atom. The van der Waals surface area contributed by atoms with Crippen molar-refractivity contribution in [2.75, 3.05) is 6.54 Å². The molecular formula is C16H27N3. The van der Waals surface area contributed by atoms with Crippen molar-refractivity contribution in [3.63, 3.8) is 0 Å². The van der Waals surface area contributed by atoms with Crippen molar-refractivity contribution in [2.24, 2.45) is 5.92 Å². The minimum absolute atomic E-state index is 0.683. The van der Waals surface area contributed by atoms with Crippen LogP contribution >= 0.6 is 0 Å². The summed E-state index contributed by atoms with van der Waals surface area (Å²) in [5, 5.41) is 8.39. The standard InChI is InChI=1S/C16H27N3/c1-13(12-17-14-8-9-14)6-7-15-10-11-19(18-15)16-4-2-3-5-16/h10-11,13-14,16-17H,2-9,12H2,1H3. The van der Waals surface area contributed by atoms with E-state index in [-0.39, 0.29) is 0 Å². The zero-order chi connectivity index (χ0) is 13.1. The van der Waals surface area contributed by atoms with E-state index >= 15 is 0 Å². The monoisotopic (exact) mass is 261 g/mol. The lowest BCUT2D eigenvalue weighted by atomic mass is 10.0. The first-order valence-electron chi connectivity index (χ1n) is 8.08. The van der Waals surface area contributed by atoms with Crippen molar-refractivity contribution < 1.29 is 0 Å². The van der Waals surface area contributed by atoms with Gasteiger partial charge in [-0.1, -0.05) is 19.8 Å². The van der Waals surface area contributed by atoms with Gasteiger partial charge < -0.3 is 5.32 Å². The Morgan fingerprint density at radius 2 is 2.11 bits per heavy atom. The van der Waals surface area contributed by atoms with Gasteiger partial charge in [0, 0.05) is 12.2 Å². The number of aryl methyl sites for hydroxylation is 1. The molecule has 0 bridgehead atoms. The summed E-state index contributed by atoms with van der Waals surface area (Å²) in [5.41, 5.74) is 1.28. The van der Waals surface area contributed by atoms with Crippen molar-refractivity contribution in [1.29, 1.82) is 0 Å². The molecule has 0 spiro atoms. The van der Waals surface area contributed by atoms with Gasteiger partial charge in [-0.2, -0.15) is 5.10 Å². The molecule has 0 radical (unpaired) electrons. The summed E-state index contributed by atoms with van der Waals surface area (Å²) < 4.78 is 2.22. The average molecular weight is 261 g/mol. The number of aromatic nitrogens is 2. The van der Waals surface area contributed by atoms with E-state index in [9.17, 15) is 0 Å². The molecular weight excluding hydrogens is 234 g/mol. The van der Waals surface area contributed by atoms with E-state index in [4.69, 9.17) is 5.10 Å². The van der Waals surface area contributed by atoms with Crippen molar-refractivity contribution in [1.82, 2.24) is 15.1 Å². The first kappa shape index (κ1) is 13.2. The van der Waals surface area contributed by atoms with Crippen LogP contribution in [0.25, 0.3) is 0 Å². The molecule has 2 aliphatic rings. The Kier molecular flexibility index (Phi) is 4.21. The van der Waals surface area contributed by atoms with E-state index in [0.29, 0.717) is 6.04 Å². The van der Waals surface area contributed by atoms with Crippen LogP contribution < -0.4 is 5.32 Å². The fourth-order valence-electron chi connectivity index (χ4n) is 3.03. The van der Waals surface area contributed by atoms with Crippen molar-refractivity contribution >= 4 is 0 Å². The van der Waals surface area contributed by atoms with Crippen LogP contribution in [0.4, 0.5) is 0 Å². The Labute approximate surface area is 116 Å². The fourth-order valence-corrected chi connectivity index (χ4v) is 3.03. The molecule has 1 heterocycles. The van der Waals surface area contributed by atoms with Gasteiger partial charge in [-0.25, -0.2) is 0 Å². The van der Waals surface area contributed by atoms with E-state index in [2.05, 4.69) is 29.2 Å². The Bertz CT molecular complexity index is 388. The molecule has 0 aliphatic heterocycles. The SMILES string of the molecule is CC(CCc1ccn(C2CCCC2)n1)CNC1CC1. The highest BCUT2D eigenvalue weighted by Crippen LogP contribution is 2.28. The fraction of sp³-hybridized carbons (Fsp3) is 0.812. The molecule has 3 rings (SSSR count). The molecule has 0 amide bonds. The third-order valence-electron chi connectivity index (χ3n) is 4.59. The number of hydrogen-bond acceptors (Lipinski definition) is 2. The highest BCUT2D eigenvalue weighted by molar-refractivity contribution is 5.00. The lowest BCUT2D eigenvalue weighted by molar-refractivity contribution is 0.452. The molecule has 0 saturated heterocycles. The Hall–Kier alpha value is -0.830. The van der Waals surface area contributed by atoms with Crippen LogP contribution in [-0.4, -0.2) is 22.4 Å². The topological polar surface area (TPSA) is 29.9 Å². The molecule has 2 saturated carbocycles. The maximum atomic E-state index is 4.77. The van der Waals surface area contributed by atoms with Gasteiger partial charge in [-0.3, -0.25) is 4.68 Å². The zero-order valence-electron chi connectivity index (χ0n) is 12.1.